The molecular formula is C4H6O5. The van der Waals surface area contributed by atoms with Crippen molar-refractivity contribution < 1.29 is 24.9 Å². The highest BCUT2D eigenvalue weighted by atomic mass is 16.8. The van der Waals surface area contributed by atoms with Gasteiger partial charge < -0.3 is 20.1 Å². The van der Waals surface area contributed by atoms with Crippen LogP contribution in [0.2, 0.25) is 0 Å². The van der Waals surface area contributed by atoms with Gasteiger partial charge in [-0.1, -0.05) is 6.58 Å². The predicted octanol–water partition coefficient (Wildman–Crippen LogP) is -0.495. The van der Waals surface area contributed by atoms with Gasteiger partial charge in [-0.05, 0) is 0 Å². The number of aliphatic hydroxyl groups is 2. The minimum atomic E-state index is -2.77. The maximum Gasteiger partial charge on any atom is 0.510 e. The summed E-state index contributed by atoms with van der Waals surface area (Å²) in [5.41, 5.74) is 0. The Labute approximate surface area is 50.8 Å². The van der Waals surface area contributed by atoms with Gasteiger partial charge in [0, 0.05) is 6.08 Å². The lowest BCUT2D eigenvalue weighted by molar-refractivity contribution is -0.276. The van der Waals surface area contributed by atoms with Crippen molar-refractivity contribution in [3.63, 3.8) is 0 Å². The first-order valence-corrected chi connectivity index (χ1v) is 1.98. The molecule has 5 heteroatoms. The number of carboxylic acid groups (broad SMARTS) is 1. The van der Waals surface area contributed by atoms with Crippen molar-refractivity contribution in [2.45, 2.75) is 5.97 Å². The van der Waals surface area contributed by atoms with E-state index in [9.17, 15) is 4.79 Å². The molecule has 0 aromatic heterocycles. The first-order valence-electron chi connectivity index (χ1n) is 1.98. The zero-order valence-electron chi connectivity index (χ0n) is 4.44. The second kappa shape index (κ2) is 2.47. The number of rotatable bonds is 2. The normalized spacial score (nSPS) is 10.4. The summed E-state index contributed by atoms with van der Waals surface area (Å²) in [6.07, 6.45) is -1.24. The smallest absolute Gasteiger partial charge is 0.450 e. The van der Waals surface area contributed by atoms with Gasteiger partial charge in [0.25, 0.3) is 0 Å². The van der Waals surface area contributed by atoms with Gasteiger partial charge in [0.1, 0.15) is 0 Å². The van der Waals surface area contributed by atoms with E-state index in [0.29, 0.717) is 6.08 Å². The number of carbonyl (C=O) groups is 1. The fraction of sp³-hybridized carbons (Fsp3) is 0.250. The quantitative estimate of drug-likeness (QED) is 0.269. The Morgan fingerprint density at radius 3 is 2.22 bits per heavy atom. The molecule has 0 atom stereocenters. The first-order chi connectivity index (χ1) is 3.98. The van der Waals surface area contributed by atoms with Crippen molar-refractivity contribution in [1.29, 1.82) is 0 Å². The van der Waals surface area contributed by atoms with Crippen molar-refractivity contribution in [1.82, 2.24) is 0 Å². The highest BCUT2D eigenvalue weighted by Gasteiger charge is 2.22. The standard InChI is InChI=1S/C4H6O5/c1-2-4(7,8)9-3(5)6/h2,7-8H,1H2,(H,5,6). The van der Waals surface area contributed by atoms with Gasteiger partial charge >= 0.3 is 12.1 Å². The summed E-state index contributed by atoms with van der Waals surface area (Å²) in [4.78, 5) is 9.58. The number of hydrogen-bond acceptors (Lipinski definition) is 4. The van der Waals surface area contributed by atoms with E-state index in [2.05, 4.69) is 11.3 Å². The fourth-order valence-electron chi connectivity index (χ4n) is 0.170. The van der Waals surface area contributed by atoms with E-state index in [1.54, 1.807) is 0 Å². The maximum absolute atomic E-state index is 9.58. The largest absolute Gasteiger partial charge is 0.510 e. The average Bonchev–Trinajstić information content (AvgIpc) is 1.63. The molecule has 0 spiro atoms. The number of hydrogen-bond donors (Lipinski definition) is 3. The van der Waals surface area contributed by atoms with Gasteiger partial charge in [-0.3, -0.25) is 0 Å². The third kappa shape index (κ3) is 3.51. The minimum absolute atomic E-state index is 0.543. The van der Waals surface area contributed by atoms with Crippen LogP contribution >= 0.6 is 0 Å². The van der Waals surface area contributed by atoms with Crippen LogP contribution in [0.5, 0.6) is 0 Å². The monoisotopic (exact) mass is 134 g/mol. The molecule has 0 aliphatic rings. The van der Waals surface area contributed by atoms with Crippen LogP contribution in [-0.4, -0.2) is 27.4 Å². The first kappa shape index (κ1) is 7.93. The topological polar surface area (TPSA) is 87.0 Å². The molecule has 3 N–H and O–H groups in total. The van der Waals surface area contributed by atoms with Crippen LogP contribution in [0.1, 0.15) is 0 Å². The summed E-state index contributed by atoms with van der Waals surface area (Å²) in [6, 6.07) is 0. The maximum atomic E-state index is 9.58. The third-order valence-electron chi connectivity index (χ3n) is 0.503. The Morgan fingerprint density at radius 1 is 1.67 bits per heavy atom. The van der Waals surface area contributed by atoms with Crippen LogP contribution in [0.4, 0.5) is 4.79 Å². The molecule has 0 aromatic rings. The van der Waals surface area contributed by atoms with Gasteiger partial charge in [0.05, 0.1) is 0 Å². The summed E-state index contributed by atoms with van der Waals surface area (Å²) in [5, 5.41) is 24.4. The predicted molar refractivity (Wildman–Crippen MR) is 26.5 cm³/mol. The fourth-order valence-corrected chi connectivity index (χ4v) is 0.170. The second-order valence-electron chi connectivity index (χ2n) is 1.23. The van der Waals surface area contributed by atoms with Crippen LogP contribution in [0, 0.1) is 0 Å². The Kier molecular flexibility index (Phi) is 2.18. The van der Waals surface area contributed by atoms with Crippen molar-refractivity contribution in [2.24, 2.45) is 0 Å². The van der Waals surface area contributed by atoms with Crippen LogP contribution in [0.3, 0.4) is 0 Å². The summed E-state index contributed by atoms with van der Waals surface area (Å²) in [6.45, 7) is 2.90. The van der Waals surface area contributed by atoms with Crippen molar-refractivity contribution in [3.05, 3.63) is 12.7 Å². The van der Waals surface area contributed by atoms with E-state index >= 15 is 0 Å². The summed E-state index contributed by atoms with van der Waals surface area (Å²) in [5.74, 6) is -2.77. The lowest BCUT2D eigenvalue weighted by Gasteiger charge is -2.13. The molecule has 0 rings (SSSR count). The average molecular weight is 134 g/mol. The van der Waals surface area contributed by atoms with Crippen LogP contribution < -0.4 is 0 Å². The molecule has 0 aliphatic carbocycles. The van der Waals surface area contributed by atoms with Crippen LogP contribution in [0.15, 0.2) is 12.7 Å². The van der Waals surface area contributed by atoms with E-state index in [1.165, 1.54) is 0 Å². The zero-order valence-corrected chi connectivity index (χ0v) is 4.44. The molecule has 0 radical (unpaired) electrons. The van der Waals surface area contributed by atoms with Gasteiger partial charge in [0.2, 0.25) is 0 Å². The molecule has 0 amide bonds. The van der Waals surface area contributed by atoms with Gasteiger partial charge in [-0.15, -0.1) is 0 Å². The summed E-state index contributed by atoms with van der Waals surface area (Å²) in [7, 11) is 0. The highest BCUT2D eigenvalue weighted by molar-refractivity contribution is 5.57. The number of ether oxygens (including phenoxy) is 1. The lowest BCUT2D eigenvalue weighted by Crippen LogP contribution is -2.31. The molecule has 0 heterocycles. The van der Waals surface area contributed by atoms with Crippen LogP contribution in [0.25, 0.3) is 0 Å². The molecule has 0 aromatic carbocycles. The van der Waals surface area contributed by atoms with Crippen LogP contribution in [-0.2, 0) is 4.74 Å². The highest BCUT2D eigenvalue weighted by Crippen LogP contribution is 2.01. The molecule has 52 valence electrons. The van der Waals surface area contributed by atoms with Gasteiger partial charge in [-0.2, -0.15) is 0 Å². The third-order valence-corrected chi connectivity index (χ3v) is 0.503. The summed E-state index contributed by atoms with van der Waals surface area (Å²) >= 11 is 0. The van der Waals surface area contributed by atoms with E-state index in [0.717, 1.165) is 0 Å². The molecule has 9 heavy (non-hydrogen) atoms. The molecule has 0 unspecified atom stereocenters. The molecule has 0 fully saturated rings. The zero-order chi connectivity index (χ0) is 7.49. The summed E-state index contributed by atoms with van der Waals surface area (Å²) < 4.78 is 3.50. The molecular weight excluding hydrogens is 128 g/mol. The second-order valence-corrected chi connectivity index (χ2v) is 1.23. The van der Waals surface area contributed by atoms with E-state index in [4.69, 9.17) is 15.3 Å². The molecule has 0 saturated heterocycles. The Hall–Kier alpha value is -1.07. The Balaban J connectivity index is 3.86. The van der Waals surface area contributed by atoms with Crippen molar-refractivity contribution >= 4 is 6.16 Å². The minimum Gasteiger partial charge on any atom is -0.450 e. The lowest BCUT2D eigenvalue weighted by atomic mass is 10.5. The van der Waals surface area contributed by atoms with Gasteiger partial charge in [-0.25, -0.2) is 4.79 Å². The molecule has 5 nitrogen and oxygen atoms in total. The van der Waals surface area contributed by atoms with Crippen molar-refractivity contribution in [3.8, 4) is 0 Å². The van der Waals surface area contributed by atoms with E-state index in [-0.39, 0.29) is 0 Å². The van der Waals surface area contributed by atoms with Crippen molar-refractivity contribution in [2.75, 3.05) is 0 Å². The molecule has 0 saturated carbocycles. The van der Waals surface area contributed by atoms with E-state index < -0.39 is 12.1 Å². The molecule has 0 aliphatic heterocycles. The SMILES string of the molecule is C=CC(O)(O)OC(=O)O. The molecule has 0 bridgehead atoms. The van der Waals surface area contributed by atoms with E-state index in [1.807, 2.05) is 0 Å². The van der Waals surface area contributed by atoms with Gasteiger partial charge in [0.15, 0.2) is 0 Å². The Morgan fingerprint density at radius 2 is 2.11 bits per heavy atom. The Bertz CT molecular complexity index is 127.